The Morgan fingerprint density at radius 3 is 2.22 bits per heavy atom. The van der Waals surface area contributed by atoms with E-state index in [9.17, 15) is 0 Å². The fraction of sp³-hybridized carbons (Fsp3) is 0.800. The van der Waals surface area contributed by atoms with E-state index >= 15 is 0 Å². The monoisotopic (exact) mass is 146 g/mol. The molecule has 3 nitrogen and oxygen atoms in total. The van der Waals surface area contributed by atoms with Crippen LogP contribution in [0.5, 0.6) is 0 Å². The lowest BCUT2D eigenvalue weighted by Gasteiger charge is -1.98. The number of hydrogen-bond donors (Lipinski definition) is 0. The van der Waals surface area contributed by atoms with E-state index in [1.807, 2.05) is 13.8 Å². The molecule has 0 N–H and O–H groups in total. The lowest BCUT2D eigenvalue weighted by Crippen LogP contribution is -1.97. The number of rotatable bonds is 0. The zero-order chi connectivity index (χ0) is 6.69. The molecule has 0 atom stereocenters. The van der Waals surface area contributed by atoms with Crippen LogP contribution in [0.15, 0.2) is 8.73 Å². The predicted molar refractivity (Wildman–Crippen MR) is 39.4 cm³/mol. The molecular weight excluding hydrogens is 136 g/mol. The van der Waals surface area contributed by atoms with E-state index in [1.165, 1.54) is 4.86 Å². The van der Waals surface area contributed by atoms with Crippen molar-refractivity contribution in [3.63, 3.8) is 0 Å². The Kier molecular flexibility index (Phi) is 2.24. The number of nitrogens with zero attached hydrogens (tertiary/aromatic N) is 2. The van der Waals surface area contributed by atoms with Crippen molar-refractivity contribution in [2.45, 2.75) is 13.8 Å². The van der Waals surface area contributed by atoms with E-state index in [0.29, 0.717) is 13.5 Å². The van der Waals surface area contributed by atoms with Crippen molar-refractivity contribution in [2.75, 3.05) is 13.5 Å². The Balaban J connectivity index is 3.07. The first-order valence-corrected chi connectivity index (χ1v) is 3.92. The maximum atomic E-state index is 4.91. The molecule has 0 bridgehead atoms. The van der Waals surface area contributed by atoms with Gasteiger partial charge in [0, 0.05) is 4.86 Å². The average Bonchev–Trinajstić information content (AvgIpc) is 1.90. The second-order valence-corrected chi connectivity index (χ2v) is 3.75. The summed E-state index contributed by atoms with van der Waals surface area (Å²) in [7, 11) is -0.155. The molecule has 1 heterocycles. The number of hydrogen-bond acceptors (Lipinski definition) is 3. The molecule has 0 aromatic carbocycles. The fourth-order valence-electron chi connectivity index (χ4n) is 0.514. The van der Waals surface area contributed by atoms with Crippen LogP contribution in [0.1, 0.15) is 13.8 Å². The van der Waals surface area contributed by atoms with Gasteiger partial charge in [-0.25, -0.2) is 0 Å². The maximum absolute atomic E-state index is 4.91. The largest absolute Gasteiger partial charge is 0.335 e. The van der Waals surface area contributed by atoms with Crippen LogP contribution in [0.4, 0.5) is 0 Å². The molecule has 52 valence electrons. The molecule has 0 aliphatic carbocycles. The van der Waals surface area contributed by atoms with Gasteiger partial charge in [0.05, 0.1) is 0 Å². The van der Waals surface area contributed by atoms with E-state index in [0.717, 1.165) is 0 Å². The minimum absolute atomic E-state index is 0.155. The Morgan fingerprint density at radius 2 is 1.89 bits per heavy atom. The number of ether oxygens (including phenoxy) is 1. The lowest BCUT2D eigenvalue weighted by molar-refractivity contribution is 0.150. The van der Waals surface area contributed by atoms with Gasteiger partial charge in [0.2, 0.25) is 0 Å². The van der Waals surface area contributed by atoms with Crippen LogP contribution in [0, 0.1) is 0 Å². The van der Waals surface area contributed by atoms with Crippen molar-refractivity contribution in [1.82, 2.24) is 0 Å². The molecule has 1 aliphatic heterocycles. The Labute approximate surface area is 56.5 Å². The SMILES string of the molecule is CC(C)=S1=NCOCN=1. The highest BCUT2D eigenvalue weighted by Crippen LogP contribution is 1.88. The maximum Gasteiger partial charge on any atom is 0.152 e. The topological polar surface area (TPSA) is 34.0 Å². The summed E-state index contributed by atoms with van der Waals surface area (Å²) in [5.41, 5.74) is 0. The van der Waals surface area contributed by atoms with Crippen molar-refractivity contribution < 1.29 is 4.74 Å². The van der Waals surface area contributed by atoms with Gasteiger partial charge in [-0.1, -0.05) is 0 Å². The second kappa shape index (κ2) is 2.98. The van der Waals surface area contributed by atoms with Crippen LogP contribution >= 0.6 is 0 Å². The van der Waals surface area contributed by atoms with Crippen molar-refractivity contribution >= 4 is 14.9 Å². The molecule has 0 saturated heterocycles. The Bertz CT molecular complexity index is 220. The lowest BCUT2D eigenvalue weighted by atomic mass is 10.6. The molecule has 0 unspecified atom stereocenters. The summed E-state index contributed by atoms with van der Waals surface area (Å²) >= 11 is 0. The first-order chi connectivity index (χ1) is 4.30. The summed E-state index contributed by atoms with van der Waals surface area (Å²) in [6.07, 6.45) is 0. The van der Waals surface area contributed by atoms with Gasteiger partial charge in [-0.05, 0) is 23.9 Å². The summed E-state index contributed by atoms with van der Waals surface area (Å²) in [6.45, 7) is 5.11. The molecule has 0 aromatic rings. The van der Waals surface area contributed by atoms with Gasteiger partial charge in [0.15, 0.2) is 13.5 Å². The highest BCUT2D eigenvalue weighted by Gasteiger charge is 1.86. The molecule has 0 saturated carbocycles. The average molecular weight is 146 g/mol. The van der Waals surface area contributed by atoms with Gasteiger partial charge in [-0.2, -0.15) is 8.73 Å². The standard InChI is InChI=1S/C5H10N2OS/c1-5(2)9-6-3-8-4-7-9/h3-4H2,1-2H3. The summed E-state index contributed by atoms with van der Waals surface area (Å²) < 4.78 is 13.2. The molecule has 0 spiro atoms. The Morgan fingerprint density at radius 1 is 1.33 bits per heavy atom. The highest BCUT2D eigenvalue weighted by atomic mass is 32.1. The third-order valence-corrected chi connectivity index (χ3v) is 2.33. The Hall–Kier alpha value is -0.350. The molecular formula is C5H10N2OS. The highest BCUT2D eigenvalue weighted by molar-refractivity contribution is 7.77. The molecule has 1 rings (SSSR count). The predicted octanol–water partition coefficient (Wildman–Crippen LogP) is 1.13. The van der Waals surface area contributed by atoms with Gasteiger partial charge in [-0.3, -0.25) is 0 Å². The van der Waals surface area contributed by atoms with Crippen LogP contribution < -0.4 is 0 Å². The summed E-state index contributed by atoms with van der Waals surface area (Å²) in [4.78, 5) is 1.26. The zero-order valence-electron chi connectivity index (χ0n) is 5.63. The molecule has 0 radical (unpaired) electrons. The van der Waals surface area contributed by atoms with Gasteiger partial charge >= 0.3 is 0 Å². The van der Waals surface area contributed by atoms with Crippen LogP contribution in [0.2, 0.25) is 0 Å². The van der Waals surface area contributed by atoms with Crippen molar-refractivity contribution in [1.29, 1.82) is 0 Å². The van der Waals surface area contributed by atoms with E-state index in [4.69, 9.17) is 4.74 Å². The molecule has 0 fully saturated rings. The molecule has 0 aromatic heterocycles. The molecule has 4 heteroatoms. The van der Waals surface area contributed by atoms with Gasteiger partial charge < -0.3 is 4.74 Å². The normalized spacial score (nSPS) is 18.2. The molecule has 0 amide bonds. The molecule has 9 heavy (non-hydrogen) atoms. The minimum atomic E-state index is -0.155. The van der Waals surface area contributed by atoms with Crippen LogP contribution in [0.3, 0.4) is 0 Å². The summed E-state index contributed by atoms with van der Waals surface area (Å²) in [5.74, 6) is 0. The van der Waals surface area contributed by atoms with Crippen molar-refractivity contribution in [3.05, 3.63) is 0 Å². The smallest absolute Gasteiger partial charge is 0.152 e. The summed E-state index contributed by atoms with van der Waals surface area (Å²) in [6, 6.07) is 0. The summed E-state index contributed by atoms with van der Waals surface area (Å²) in [5, 5.41) is 0. The fourth-order valence-corrected chi connectivity index (χ4v) is 1.46. The zero-order valence-corrected chi connectivity index (χ0v) is 6.44. The molecule has 1 aliphatic rings. The van der Waals surface area contributed by atoms with Gasteiger partial charge in [0.1, 0.15) is 0 Å². The van der Waals surface area contributed by atoms with Gasteiger partial charge in [0.25, 0.3) is 0 Å². The van der Waals surface area contributed by atoms with Gasteiger partial charge in [-0.15, -0.1) is 0 Å². The first kappa shape index (κ1) is 6.77. The van der Waals surface area contributed by atoms with Crippen molar-refractivity contribution in [3.8, 4) is 0 Å². The quantitative estimate of drug-likeness (QED) is 0.472. The third-order valence-electron chi connectivity index (χ3n) is 0.898. The second-order valence-electron chi connectivity index (χ2n) is 1.89. The van der Waals surface area contributed by atoms with E-state index in [1.54, 1.807) is 0 Å². The van der Waals surface area contributed by atoms with Crippen molar-refractivity contribution in [2.24, 2.45) is 8.73 Å². The van der Waals surface area contributed by atoms with E-state index < -0.39 is 0 Å². The van der Waals surface area contributed by atoms with Crippen LogP contribution in [0.25, 0.3) is 0 Å². The van der Waals surface area contributed by atoms with E-state index in [2.05, 4.69) is 8.73 Å². The van der Waals surface area contributed by atoms with Crippen LogP contribution in [-0.4, -0.2) is 18.3 Å². The third kappa shape index (κ3) is 1.80. The first-order valence-electron chi connectivity index (χ1n) is 2.78. The van der Waals surface area contributed by atoms with E-state index in [-0.39, 0.29) is 10.1 Å². The van der Waals surface area contributed by atoms with Crippen LogP contribution in [-0.2, 0) is 14.8 Å². The minimum Gasteiger partial charge on any atom is -0.335 e.